The van der Waals surface area contributed by atoms with Crippen LogP contribution in [-0.2, 0) is 0 Å². The lowest BCUT2D eigenvalue weighted by molar-refractivity contribution is 0.158. The highest BCUT2D eigenvalue weighted by Gasteiger charge is 2.36. The molecule has 1 saturated carbocycles. The minimum Gasteiger partial charge on any atom is -0.496 e. The molecule has 1 aromatic carbocycles. The normalized spacial score (nSPS) is 24.8. The zero-order valence-electron chi connectivity index (χ0n) is 13.7. The second kappa shape index (κ2) is 6.78. The van der Waals surface area contributed by atoms with Crippen LogP contribution in [0.25, 0.3) is 0 Å². The average molecular weight is 293 g/mol. The highest BCUT2D eigenvalue weighted by Crippen LogP contribution is 2.48. The summed E-state index contributed by atoms with van der Waals surface area (Å²) in [5.41, 5.74) is 1.35. The van der Waals surface area contributed by atoms with Crippen LogP contribution in [0, 0.1) is 17.2 Å². The molecule has 118 valence electrons. The highest BCUT2D eigenvalue weighted by molar-refractivity contribution is 5.38. The summed E-state index contributed by atoms with van der Waals surface area (Å²) in [5, 5.41) is 3.46. The smallest absolute Gasteiger partial charge is 0.123 e. The van der Waals surface area contributed by atoms with Crippen molar-refractivity contribution in [1.82, 2.24) is 5.32 Å². The molecule has 0 spiro atoms. The predicted octanol–water partition coefficient (Wildman–Crippen LogP) is 4.35. The number of halogens is 1. The van der Waals surface area contributed by atoms with Gasteiger partial charge < -0.3 is 10.1 Å². The van der Waals surface area contributed by atoms with Gasteiger partial charge in [-0.2, -0.15) is 0 Å². The quantitative estimate of drug-likeness (QED) is 0.871. The fraction of sp³-hybridized carbons (Fsp3) is 0.667. The van der Waals surface area contributed by atoms with Gasteiger partial charge in [-0.05, 0) is 67.8 Å². The van der Waals surface area contributed by atoms with Gasteiger partial charge in [0, 0.05) is 5.56 Å². The molecule has 0 saturated heterocycles. The van der Waals surface area contributed by atoms with Crippen molar-refractivity contribution >= 4 is 0 Å². The van der Waals surface area contributed by atoms with Gasteiger partial charge in [0.25, 0.3) is 0 Å². The molecule has 1 fully saturated rings. The lowest BCUT2D eigenvalue weighted by atomic mass is 9.65. The molecule has 0 aliphatic heterocycles. The maximum absolute atomic E-state index is 13.7. The maximum Gasteiger partial charge on any atom is 0.123 e. The number of hydrogen-bond acceptors (Lipinski definition) is 2. The Morgan fingerprint density at radius 1 is 1.38 bits per heavy atom. The van der Waals surface area contributed by atoms with Gasteiger partial charge in [-0.15, -0.1) is 0 Å². The van der Waals surface area contributed by atoms with Crippen molar-refractivity contribution in [2.75, 3.05) is 20.2 Å². The Kier molecular flexibility index (Phi) is 5.26. The van der Waals surface area contributed by atoms with E-state index in [-0.39, 0.29) is 5.82 Å². The van der Waals surface area contributed by atoms with E-state index in [1.54, 1.807) is 19.2 Å². The number of methoxy groups -OCH3 is 1. The van der Waals surface area contributed by atoms with Crippen molar-refractivity contribution in [2.24, 2.45) is 11.3 Å². The first kappa shape index (κ1) is 16.3. The van der Waals surface area contributed by atoms with Crippen LogP contribution >= 0.6 is 0 Å². The highest BCUT2D eigenvalue weighted by atomic mass is 19.1. The van der Waals surface area contributed by atoms with Gasteiger partial charge in [-0.3, -0.25) is 0 Å². The van der Waals surface area contributed by atoms with E-state index in [0.717, 1.165) is 30.8 Å². The Balaban J connectivity index is 2.32. The molecular formula is C18H28FNO. The average Bonchev–Trinajstić information content (AvgIpc) is 2.45. The lowest BCUT2D eigenvalue weighted by Gasteiger charge is -2.41. The van der Waals surface area contributed by atoms with Crippen molar-refractivity contribution in [3.8, 4) is 5.75 Å². The molecule has 1 N–H and O–H groups in total. The van der Waals surface area contributed by atoms with E-state index in [1.165, 1.54) is 18.9 Å². The summed E-state index contributed by atoms with van der Waals surface area (Å²) in [6, 6.07) is 4.91. The second-order valence-electron chi connectivity index (χ2n) is 6.97. The Hall–Kier alpha value is -1.09. The molecule has 0 bridgehead atoms. The summed E-state index contributed by atoms with van der Waals surface area (Å²) >= 11 is 0. The second-order valence-corrected chi connectivity index (χ2v) is 6.97. The van der Waals surface area contributed by atoms with E-state index >= 15 is 0 Å². The third-order valence-electron chi connectivity index (χ3n) is 4.78. The van der Waals surface area contributed by atoms with E-state index in [4.69, 9.17) is 4.74 Å². The van der Waals surface area contributed by atoms with Crippen LogP contribution in [0.15, 0.2) is 18.2 Å². The monoisotopic (exact) mass is 293 g/mol. The summed E-state index contributed by atoms with van der Waals surface area (Å²) < 4.78 is 19.2. The zero-order chi connectivity index (χ0) is 15.5. The molecule has 1 aliphatic carbocycles. The van der Waals surface area contributed by atoms with Gasteiger partial charge in [0.1, 0.15) is 11.6 Å². The van der Waals surface area contributed by atoms with E-state index in [1.807, 2.05) is 0 Å². The topological polar surface area (TPSA) is 21.3 Å². The van der Waals surface area contributed by atoms with Crippen LogP contribution in [0.4, 0.5) is 4.39 Å². The van der Waals surface area contributed by atoms with Crippen molar-refractivity contribution < 1.29 is 9.13 Å². The summed E-state index contributed by atoms with van der Waals surface area (Å²) in [6.45, 7) is 8.73. The molecule has 2 nitrogen and oxygen atoms in total. The van der Waals surface area contributed by atoms with E-state index in [2.05, 4.69) is 26.1 Å². The molecule has 0 heterocycles. The molecule has 1 aliphatic rings. The third kappa shape index (κ3) is 3.97. The van der Waals surface area contributed by atoms with Crippen LogP contribution in [0.2, 0.25) is 0 Å². The van der Waals surface area contributed by atoms with Crippen LogP contribution in [-0.4, -0.2) is 20.2 Å². The summed E-state index contributed by atoms with van der Waals surface area (Å²) in [7, 11) is 1.67. The Labute approximate surface area is 128 Å². The summed E-state index contributed by atoms with van der Waals surface area (Å²) in [6.07, 6.45) is 3.50. The predicted molar refractivity (Wildman–Crippen MR) is 85.4 cm³/mol. The summed E-state index contributed by atoms with van der Waals surface area (Å²) in [4.78, 5) is 0. The molecule has 21 heavy (non-hydrogen) atoms. The molecular weight excluding hydrogens is 265 g/mol. The van der Waals surface area contributed by atoms with E-state index < -0.39 is 0 Å². The number of ether oxygens (including phenoxy) is 1. The van der Waals surface area contributed by atoms with Gasteiger partial charge in [-0.1, -0.05) is 20.8 Å². The number of nitrogens with one attached hydrogen (secondary N) is 1. The van der Waals surface area contributed by atoms with Crippen molar-refractivity contribution in [2.45, 2.75) is 46.0 Å². The largest absolute Gasteiger partial charge is 0.496 e. The molecule has 0 radical (unpaired) electrons. The Morgan fingerprint density at radius 3 is 2.81 bits per heavy atom. The molecule has 2 atom stereocenters. The fourth-order valence-corrected chi connectivity index (χ4v) is 3.57. The first-order chi connectivity index (χ1) is 9.96. The third-order valence-corrected chi connectivity index (χ3v) is 4.78. The van der Waals surface area contributed by atoms with E-state index in [0.29, 0.717) is 17.3 Å². The Morgan fingerprint density at radius 2 is 2.14 bits per heavy atom. The molecule has 0 amide bonds. The van der Waals surface area contributed by atoms with E-state index in [9.17, 15) is 4.39 Å². The summed E-state index contributed by atoms with van der Waals surface area (Å²) in [5.74, 6) is 1.56. The van der Waals surface area contributed by atoms with Crippen molar-refractivity contribution in [3.05, 3.63) is 29.6 Å². The molecule has 3 heteroatoms. The minimum absolute atomic E-state index is 0.170. The zero-order valence-corrected chi connectivity index (χ0v) is 13.7. The number of rotatable bonds is 5. The molecule has 1 aromatic rings. The van der Waals surface area contributed by atoms with Crippen LogP contribution in [0.3, 0.4) is 0 Å². The standard InChI is InChI=1S/C18H28FNO/c1-5-20-12-13-8-9-18(2,3)11-16(13)15-10-14(19)6-7-17(15)21-4/h6-7,10,13,16,20H,5,8-9,11-12H2,1-4H3. The lowest BCUT2D eigenvalue weighted by Crippen LogP contribution is -2.35. The van der Waals surface area contributed by atoms with Crippen LogP contribution in [0.1, 0.15) is 51.5 Å². The van der Waals surface area contributed by atoms with Gasteiger partial charge >= 0.3 is 0 Å². The fourth-order valence-electron chi connectivity index (χ4n) is 3.57. The SMILES string of the molecule is CCNCC1CCC(C)(C)CC1c1cc(F)ccc1OC. The first-order valence-electron chi connectivity index (χ1n) is 8.01. The maximum atomic E-state index is 13.7. The van der Waals surface area contributed by atoms with Gasteiger partial charge in [0.15, 0.2) is 0 Å². The first-order valence-corrected chi connectivity index (χ1v) is 8.01. The van der Waals surface area contributed by atoms with Crippen LogP contribution < -0.4 is 10.1 Å². The van der Waals surface area contributed by atoms with Gasteiger partial charge in [0.05, 0.1) is 7.11 Å². The Bertz CT molecular complexity index is 472. The molecule has 2 rings (SSSR count). The van der Waals surface area contributed by atoms with Gasteiger partial charge in [0.2, 0.25) is 0 Å². The minimum atomic E-state index is -0.170. The number of benzene rings is 1. The molecule has 2 unspecified atom stereocenters. The van der Waals surface area contributed by atoms with Gasteiger partial charge in [-0.25, -0.2) is 4.39 Å². The number of hydrogen-bond donors (Lipinski definition) is 1. The molecule has 0 aromatic heterocycles. The van der Waals surface area contributed by atoms with Crippen LogP contribution in [0.5, 0.6) is 5.75 Å². The van der Waals surface area contributed by atoms with Crippen molar-refractivity contribution in [3.63, 3.8) is 0 Å². The van der Waals surface area contributed by atoms with Crippen molar-refractivity contribution in [1.29, 1.82) is 0 Å².